The minimum atomic E-state index is 0.127. The van der Waals surface area contributed by atoms with Gasteiger partial charge in [0.15, 0.2) is 17.1 Å². The molecule has 1 amide bonds. The van der Waals surface area contributed by atoms with E-state index in [1.807, 2.05) is 0 Å². The van der Waals surface area contributed by atoms with E-state index in [2.05, 4.69) is 22.4 Å². The van der Waals surface area contributed by atoms with E-state index in [-0.39, 0.29) is 5.71 Å². The van der Waals surface area contributed by atoms with Crippen LogP contribution in [0.15, 0.2) is 10.5 Å². The van der Waals surface area contributed by atoms with Crippen LogP contribution >= 0.6 is 11.3 Å². The number of amides is 1. The molecule has 7 heteroatoms. The van der Waals surface area contributed by atoms with E-state index in [1.54, 1.807) is 5.38 Å². The lowest BCUT2D eigenvalue weighted by atomic mass is 10.3. The fourth-order valence-corrected chi connectivity index (χ4v) is 1.83. The first-order valence-electron chi connectivity index (χ1n) is 5.63. The summed E-state index contributed by atoms with van der Waals surface area (Å²) in [4.78, 5) is 30.1. The summed E-state index contributed by atoms with van der Waals surface area (Å²) in [6, 6.07) is 0. The van der Waals surface area contributed by atoms with Gasteiger partial charge in [0.05, 0.1) is 0 Å². The van der Waals surface area contributed by atoms with Crippen LogP contribution in [0.1, 0.15) is 31.9 Å². The van der Waals surface area contributed by atoms with Crippen molar-refractivity contribution in [3.8, 4) is 0 Å². The second-order valence-electron chi connectivity index (χ2n) is 3.43. The Morgan fingerprint density at radius 2 is 2.39 bits per heavy atom. The average molecular weight is 269 g/mol. The number of hydrogen-bond acceptors (Lipinski definition) is 6. The van der Waals surface area contributed by atoms with Crippen LogP contribution in [0.2, 0.25) is 0 Å². The summed E-state index contributed by atoms with van der Waals surface area (Å²) in [5, 5.41) is 8.19. The van der Waals surface area contributed by atoms with Crippen LogP contribution in [-0.4, -0.2) is 30.0 Å². The number of rotatable bonds is 9. The molecule has 0 fully saturated rings. The summed E-state index contributed by atoms with van der Waals surface area (Å²) in [5.41, 5.74) is 0.525. The minimum absolute atomic E-state index is 0.127. The van der Waals surface area contributed by atoms with Crippen LogP contribution in [0.5, 0.6) is 0 Å². The number of nitrogens with zero attached hydrogens (tertiary/aromatic N) is 2. The summed E-state index contributed by atoms with van der Waals surface area (Å²) in [5.74, 6) is 0. The summed E-state index contributed by atoms with van der Waals surface area (Å²) >= 11 is 1.22. The zero-order chi connectivity index (χ0) is 13.2. The predicted molar refractivity (Wildman–Crippen MR) is 69.9 cm³/mol. The predicted octanol–water partition coefficient (Wildman–Crippen LogP) is 1.82. The summed E-state index contributed by atoms with van der Waals surface area (Å²) in [6.07, 6.45) is 4.18. The number of unbranched alkanes of at least 4 members (excludes halogenated alkanes) is 2. The Balaban J connectivity index is 2.55. The van der Waals surface area contributed by atoms with Gasteiger partial charge in [-0.15, -0.1) is 11.3 Å². The quantitative estimate of drug-likeness (QED) is 0.321. The third-order valence-electron chi connectivity index (χ3n) is 2.06. The van der Waals surface area contributed by atoms with Gasteiger partial charge < -0.3 is 10.2 Å². The SMILES string of the molecule is CCCCCO/N=C(\C=O)c1csc(NC=O)n1. The Morgan fingerprint density at radius 3 is 3.06 bits per heavy atom. The number of nitrogens with one attached hydrogen (secondary N) is 1. The molecule has 0 aliphatic rings. The molecule has 0 unspecified atom stereocenters. The highest BCUT2D eigenvalue weighted by Gasteiger charge is 2.08. The normalized spacial score (nSPS) is 11.1. The lowest BCUT2D eigenvalue weighted by Crippen LogP contribution is -2.05. The molecule has 18 heavy (non-hydrogen) atoms. The molecule has 0 spiro atoms. The second kappa shape index (κ2) is 8.35. The molecular formula is C11H15N3O3S. The molecule has 0 aliphatic carbocycles. The first-order chi connectivity index (χ1) is 8.81. The van der Waals surface area contributed by atoms with Gasteiger partial charge in [0.1, 0.15) is 12.3 Å². The monoisotopic (exact) mass is 269 g/mol. The number of anilines is 1. The zero-order valence-corrected chi connectivity index (χ0v) is 10.9. The fourth-order valence-electron chi connectivity index (χ4n) is 1.17. The van der Waals surface area contributed by atoms with Gasteiger partial charge in [-0.05, 0) is 6.42 Å². The highest BCUT2D eigenvalue weighted by atomic mass is 32.1. The van der Waals surface area contributed by atoms with Crippen molar-refractivity contribution in [2.24, 2.45) is 5.16 Å². The summed E-state index contributed by atoms with van der Waals surface area (Å²) in [6.45, 7) is 2.58. The molecule has 0 saturated carbocycles. The van der Waals surface area contributed by atoms with Crippen molar-refractivity contribution < 1.29 is 14.4 Å². The topological polar surface area (TPSA) is 80.6 Å². The number of oxime groups is 1. The van der Waals surface area contributed by atoms with E-state index < -0.39 is 0 Å². The fraction of sp³-hybridized carbons (Fsp3) is 0.455. The highest BCUT2D eigenvalue weighted by Crippen LogP contribution is 2.14. The van der Waals surface area contributed by atoms with Gasteiger partial charge in [0.2, 0.25) is 6.41 Å². The number of aromatic nitrogens is 1. The molecule has 1 N–H and O–H groups in total. The van der Waals surface area contributed by atoms with E-state index in [4.69, 9.17) is 4.84 Å². The van der Waals surface area contributed by atoms with Crippen LogP contribution in [0.3, 0.4) is 0 Å². The zero-order valence-electron chi connectivity index (χ0n) is 10.1. The number of aldehydes is 1. The van der Waals surface area contributed by atoms with E-state index in [0.29, 0.717) is 30.1 Å². The van der Waals surface area contributed by atoms with Gasteiger partial charge in [-0.25, -0.2) is 4.98 Å². The minimum Gasteiger partial charge on any atom is -0.395 e. The van der Waals surface area contributed by atoms with Crippen molar-refractivity contribution in [1.82, 2.24) is 4.98 Å². The molecule has 1 rings (SSSR count). The molecule has 0 atom stereocenters. The summed E-state index contributed by atoms with van der Waals surface area (Å²) in [7, 11) is 0. The van der Waals surface area contributed by atoms with Crippen LogP contribution in [0, 0.1) is 0 Å². The molecule has 0 aliphatic heterocycles. The standard InChI is InChI=1S/C11H15N3O3S/c1-2-3-4-5-17-14-9(6-15)10-7-18-11(13-10)12-8-16/h6-8H,2-5H2,1H3,(H,12,13,16)/b14-9+. The van der Waals surface area contributed by atoms with Crippen molar-refractivity contribution in [3.63, 3.8) is 0 Å². The molecule has 0 radical (unpaired) electrons. The van der Waals surface area contributed by atoms with Crippen LogP contribution in [-0.2, 0) is 14.4 Å². The number of carbonyl (C=O) groups excluding carboxylic acids is 2. The van der Waals surface area contributed by atoms with Gasteiger partial charge >= 0.3 is 0 Å². The molecule has 98 valence electrons. The first-order valence-corrected chi connectivity index (χ1v) is 6.51. The highest BCUT2D eigenvalue weighted by molar-refractivity contribution is 7.14. The van der Waals surface area contributed by atoms with E-state index in [0.717, 1.165) is 19.3 Å². The van der Waals surface area contributed by atoms with Gasteiger partial charge in [-0.1, -0.05) is 24.9 Å². The van der Waals surface area contributed by atoms with Gasteiger partial charge in [-0.2, -0.15) is 0 Å². The Morgan fingerprint density at radius 1 is 1.56 bits per heavy atom. The van der Waals surface area contributed by atoms with Gasteiger partial charge in [-0.3, -0.25) is 9.59 Å². The summed E-state index contributed by atoms with van der Waals surface area (Å²) < 4.78 is 0. The molecule has 1 aromatic rings. The third-order valence-corrected chi connectivity index (χ3v) is 2.84. The van der Waals surface area contributed by atoms with E-state index in [9.17, 15) is 9.59 Å². The maximum Gasteiger partial charge on any atom is 0.213 e. The van der Waals surface area contributed by atoms with Crippen LogP contribution in [0.25, 0.3) is 0 Å². The maximum atomic E-state index is 10.9. The van der Waals surface area contributed by atoms with Gasteiger partial charge in [0, 0.05) is 5.38 Å². The third kappa shape index (κ3) is 4.62. The second-order valence-corrected chi connectivity index (χ2v) is 4.29. The number of thiazole rings is 1. The van der Waals surface area contributed by atoms with Crippen molar-refractivity contribution >= 4 is 34.9 Å². The first kappa shape index (κ1) is 14.3. The Labute approximate surface area is 109 Å². The molecule has 0 bridgehead atoms. The Hall–Kier alpha value is -1.76. The van der Waals surface area contributed by atoms with Crippen LogP contribution in [0.4, 0.5) is 5.13 Å². The maximum absolute atomic E-state index is 10.9. The molecular weight excluding hydrogens is 254 g/mol. The molecule has 0 saturated heterocycles. The smallest absolute Gasteiger partial charge is 0.213 e. The lowest BCUT2D eigenvalue weighted by molar-refractivity contribution is -0.105. The molecule has 1 aromatic heterocycles. The Kier molecular flexibility index (Phi) is 6.63. The largest absolute Gasteiger partial charge is 0.395 e. The number of carbonyl (C=O) groups is 2. The van der Waals surface area contributed by atoms with Crippen molar-refractivity contribution in [2.45, 2.75) is 26.2 Å². The van der Waals surface area contributed by atoms with E-state index >= 15 is 0 Å². The Bertz CT molecular complexity index is 417. The van der Waals surface area contributed by atoms with Crippen molar-refractivity contribution in [2.75, 3.05) is 11.9 Å². The van der Waals surface area contributed by atoms with Crippen LogP contribution < -0.4 is 5.32 Å². The number of hydrogen-bond donors (Lipinski definition) is 1. The van der Waals surface area contributed by atoms with Crippen molar-refractivity contribution in [1.29, 1.82) is 0 Å². The molecule has 1 heterocycles. The average Bonchev–Trinajstić information content (AvgIpc) is 2.83. The van der Waals surface area contributed by atoms with E-state index in [1.165, 1.54) is 11.3 Å². The van der Waals surface area contributed by atoms with Crippen molar-refractivity contribution in [3.05, 3.63) is 11.1 Å². The van der Waals surface area contributed by atoms with Gasteiger partial charge in [0.25, 0.3) is 0 Å². The molecule has 6 nitrogen and oxygen atoms in total. The molecule has 0 aromatic carbocycles. The lowest BCUT2D eigenvalue weighted by Gasteiger charge is -1.98.